The molecule has 2 rings (SSSR count). The molecule has 1 aromatic heterocycles. The zero-order valence-electron chi connectivity index (χ0n) is 18.1. The van der Waals surface area contributed by atoms with Gasteiger partial charge in [0.25, 0.3) is 5.91 Å². The highest BCUT2D eigenvalue weighted by Crippen LogP contribution is 2.22. The Morgan fingerprint density at radius 2 is 1.58 bits per heavy atom. The molecule has 0 aliphatic rings. The van der Waals surface area contributed by atoms with E-state index in [0.717, 1.165) is 16.9 Å². The lowest BCUT2D eigenvalue weighted by Crippen LogP contribution is -2.38. The molecule has 5 N–H and O–H groups in total. The Labute approximate surface area is 184 Å². The van der Waals surface area contributed by atoms with E-state index in [9.17, 15) is 14.4 Å². The lowest BCUT2D eigenvalue weighted by atomic mass is 9.86. The minimum Gasteiger partial charge on any atom is -0.477 e. The molecule has 0 saturated heterocycles. The van der Waals surface area contributed by atoms with Crippen LogP contribution in [0.2, 0.25) is 0 Å². The molecule has 9 heteroatoms. The van der Waals surface area contributed by atoms with E-state index < -0.39 is 17.7 Å². The van der Waals surface area contributed by atoms with Crippen LogP contribution in [-0.4, -0.2) is 35.5 Å². The van der Waals surface area contributed by atoms with E-state index in [2.05, 4.69) is 36.6 Å². The van der Waals surface area contributed by atoms with Gasteiger partial charge in [0.2, 0.25) is 5.78 Å². The molecule has 1 amide bonds. The summed E-state index contributed by atoms with van der Waals surface area (Å²) < 4.78 is 0. The van der Waals surface area contributed by atoms with Crippen LogP contribution in [0.1, 0.15) is 58.2 Å². The summed E-state index contributed by atoms with van der Waals surface area (Å²) in [6.07, 6.45) is 0. The molecule has 164 valence electrons. The predicted octanol–water partition coefficient (Wildman–Crippen LogP) is 2.86. The van der Waals surface area contributed by atoms with E-state index in [1.807, 2.05) is 24.3 Å². The molecule has 0 atom stereocenters. The number of aromatic carboxylic acids is 1. The number of carbonyl (C=O) groups is 3. The molecule has 0 bridgehead atoms. The largest absolute Gasteiger partial charge is 0.477 e. The molecule has 0 saturated carbocycles. The third-order valence-electron chi connectivity index (χ3n) is 4.52. The highest BCUT2D eigenvalue weighted by atomic mass is 32.1. The summed E-state index contributed by atoms with van der Waals surface area (Å²) in [7, 11) is 1.51. The van der Waals surface area contributed by atoms with Crippen LogP contribution in [0.3, 0.4) is 0 Å². The normalized spacial score (nSPS) is 12.7. The van der Waals surface area contributed by atoms with E-state index >= 15 is 0 Å². The molecule has 0 spiro atoms. The maximum atomic E-state index is 12.9. The van der Waals surface area contributed by atoms with Crippen LogP contribution in [-0.2, 0) is 10.2 Å². The van der Waals surface area contributed by atoms with Gasteiger partial charge in [-0.1, -0.05) is 45.0 Å². The van der Waals surface area contributed by atoms with Crippen LogP contribution in [0.15, 0.2) is 52.8 Å². The van der Waals surface area contributed by atoms with E-state index in [1.165, 1.54) is 19.2 Å². The van der Waals surface area contributed by atoms with E-state index in [0.29, 0.717) is 5.56 Å². The van der Waals surface area contributed by atoms with Gasteiger partial charge in [0.15, 0.2) is 0 Å². The van der Waals surface area contributed by atoms with Crippen molar-refractivity contribution in [2.24, 2.45) is 10.7 Å². The number of hydrogen-bond donors (Lipinski definition) is 4. The molecular formula is C22H26N4O4S. The second-order valence-electron chi connectivity index (χ2n) is 7.82. The lowest BCUT2D eigenvalue weighted by molar-refractivity contribution is -0.109. The molecule has 0 unspecified atom stereocenters. The van der Waals surface area contributed by atoms with Gasteiger partial charge in [-0.05, 0) is 30.0 Å². The van der Waals surface area contributed by atoms with Crippen molar-refractivity contribution >= 4 is 34.7 Å². The van der Waals surface area contributed by atoms with Gasteiger partial charge >= 0.3 is 5.97 Å². The first-order valence-electron chi connectivity index (χ1n) is 9.44. The Hall–Kier alpha value is -3.46. The number of aliphatic imine (C=N–C) groups is 1. The minimum absolute atomic E-state index is 0.0164. The van der Waals surface area contributed by atoms with Gasteiger partial charge in [-0.3, -0.25) is 20.0 Å². The number of nitrogens with zero attached hydrogens (tertiary/aromatic N) is 1. The molecular weight excluding hydrogens is 416 g/mol. The van der Waals surface area contributed by atoms with Gasteiger partial charge in [-0.15, -0.1) is 11.3 Å². The number of nitrogens with one attached hydrogen (secondary N) is 2. The molecule has 0 aliphatic carbocycles. The highest BCUT2D eigenvalue weighted by Gasteiger charge is 2.20. The Bertz CT molecular complexity index is 1060. The number of rotatable bonds is 7. The number of carboxylic acid groups (broad SMARTS) is 1. The Morgan fingerprint density at radius 1 is 1.00 bits per heavy atom. The number of carbonyl (C=O) groups excluding carboxylic acids is 2. The maximum Gasteiger partial charge on any atom is 0.345 e. The fourth-order valence-electron chi connectivity index (χ4n) is 2.64. The summed E-state index contributed by atoms with van der Waals surface area (Å²) in [5.41, 5.74) is 13.1. The first kappa shape index (κ1) is 23.8. The van der Waals surface area contributed by atoms with Crippen LogP contribution in [0.25, 0.3) is 0 Å². The van der Waals surface area contributed by atoms with Crippen LogP contribution in [0.5, 0.6) is 0 Å². The standard InChI is InChI=1S/C22H26N4O4S/c1-12(25-26-20(28)15-10-11-16(31-15)21(29)30)17(23)19(27)18(24-5)13-6-8-14(9-7-13)22(2,3)4/h6-11,25H,23H2,1-5H3,(H,26,28)(H,29,30). The van der Waals surface area contributed by atoms with Crippen LogP contribution in [0, 0.1) is 0 Å². The van der Waals surface area contributed by atoms with Crippen molar-refractivity contribution in [2.75, 3.05) is 7.05 Å². The molecule has 0 radical (unpaired) electrons. The van der Waals surface area contributed by atoms with Gasteiger partial charge < -0.3 is 16.3 Å². The summed E-state index contributed by atoms with van der Waals surface area (Å²) in [4.78, 5) is 40.3. The number of carboxylic acids is 1. The van der Waals surface area contributed by atoms with Crippen LogP contribution >= 0.6 is 11.3 Å². The topological polar surface area (TPSA) is 134 Å². The number of ketones is 1. The van der Waals surface area contributed by atoms with Gasteiger partial charge in [0.1, 0.15) is 16.3 Å². The number of nitrogens with two attached hydrogens (primary N) is 1. The lowest BCUT2D eigenvalue weighted by Gasteiger charge is -2.19. The van der Waals surface area contributed by atoms with Gasteiger partial charge in [-0.25, -0.2) is 4.79 Å². The summed E-state index contributed by atoms with van der Waals surface area (Å²) in [6.45, 7) is 7.85. The number of hydrazine groups is 1. The summed E-state index contributed by atoms with van der Waals surface area (Å²) in [5, 5.41) is 8.95. The number of thiophene rings is 1. The number of amides is 1. The number of benzene rings is 1. The Morgan fingerprint density at radius 3 is 2.06 bits per heavy atom. The maximum absolute atomic E-state index is 12.9. The molecule has 0 fully saturated rings. The third-order valence-corrected chi connectivity index (χ3v) is 5.59. The zero-order chi connectivity index (χ0) is 23.3. The number of hydrogen-bond acceptors (Lipinski definition) is 7. The predicted molar refractivity (Wildman–Crippen MR) is 121 cm³/mol. The second-order valence-corrected chi connectivity index (χ2v) is 8.90. The summed E-state index contributed by atoms with van der Waals surface area (Å²) >= 11 is 0.839. The number of allylic oxidation sites excluding steroid dienone is 2. The fraction of sp³-hybridized carbons (Fsp3) is 0.273. The first-order chi connectivity index (χ1) is 14.5. The van der Waals surface area contributed by atoms with Crippen molar-refractivity contribution < 1.29 is 19.5 Å². The highest BCUT2D eigenvalue weighted by molar-refractivity contribution is 7.15. The van der Waals surface area contributed by atoms with Crippen molar-refractivity contribution in [3.8, 4) is 0 Å². The SMILES string of the molecule is CN=C(C(=O)C(N)=C(C)NNC(=O)c1ccc(C(=O)O)s1)c1ccc(C(C)(C)C)cc1. The molecule has 0 aliphatic heterocycles. The Balaban J connectivity index is 2.12. The molecule has 1 aromatic carbocycles. The summed E-state index contributed by atoms with van der Waals surface area (Å²) in [5.74, 6) is -2.13. The van der Waals surface area contributed by atoms with Gasteiger partial charge in [0.05, 0.1) is 10.6 Å². The average Bonchev–Trinajstić information content (AvgIpc) is 3.22. The third kappa shape index (κ3) is 5.79. The van der Waals surface area contributed by atoms with Gasteiger partial charge in [0, 0.05) is 12.6 Å². The minimum atomic E-state index is -1.11. The zero-order valence-corrected chi connectivity index (χ0v) is 18.9. The molecule has 31 heavy (non-hydrogen) atoms. The van der Waals surface area contributed by atoms with Crippen molar-refractivity contribution in [2.45, 2.75) is 33.1 Å². The average molecular weight is 443 g/mol. The van der Waals surface area contributed by atoms with Crippen molar-refractivity contribution in [3.05, 3.63) is 68.7 Å². The fourth-order valence-corrected chi connectivity index (χ4v) is 3.38. The van der Waals surface area contributed by atoms with E-state index in [4.69, 9.17) is 10.8 Å². The first-order valence-corrected chi connectivity index (χ1v) is 10.3. The smallest absolute Gasteiger partial charge is 0.345 e. The quantitative estimate of drug-likeness (QED) is 0.296. The Kier molecular flexibility index (Phi) is 7.35. The van der Waals surface area contributed by atoms with Crippen molar-refractivity contribution in [3.63, 3.8) is 0 Å². The monoisotopic (exact) mass is 442 g/mol. The van der Waals surface area contributed by atoms with Crippen molar-refractivity contribution in [1.82, 2.24) is 10.9 Å². The van der Waals surface area contributed by atoms with E-state index in [-0.39, 0.29) is 32.3 Å². The molecule has 2 aromatic rings. The van der Waals surface area contributed by atoms with Crippen LogP contribution < -0.4 is 16.6 Å². The molecule has 8 nitrogen and oxygen atoms in total. The molecule has 1 heterocycles. The number of Topliss-reactive ketones (excluding diaryl/α,β-unsaturated/α-hetero) is 1. The van der Waals surface area contributed by atoms with Gasteiger partial charge in [-0.2, -0.15) is 0 Å². The second kappa shape index (κ2) is 9.57. The summed E-state index contributed by atoms with van der Waals surface area (Å²) in [6, 6.07) is 10.3. The van der Waals surface area contributed by atoms with Crippen molar-refractivity contribution in [1.29, 1.82) is 0 Å². The van der Waals surface area contributed by atoms with E-state index in [1.54, 1.807) is 6.92 Å². The van der Waals surface area contributed by atoms with Crippen LogP contribution in [0.4, 0.5) is 0 Å².